The summed E-state index contributed by atoms with van der Waals surface area (Å²) in [7, 11) is 0. The number of benzene rings is 1. The number of hydrogen-bond acceptors (Lipinski definition) is 2. The first-order valence-corrected chi connectivity index (χ1v) is 8.28. The summed E-state index contributed by atoms with van der Waals surface area (Å²) >= 11 is 3.35. The van der Waals surface area contributed by atoms with Gasteiger partial charge in [-0.25, -0.2) is 4.39 Å². The van der Waals surface area contributed by atoms with E-state index in [9.17, 15) is 9.18 Å². The molecule has 1 saturated heterocycles. The lowest BCUT2D eigenvalue weighted by atomic mass is 10.1. The van der Waals surface area contributed by atoms with E-state index in [1.54, 1.807) is 12.1 Å². The van der Waals surface area contributed by atoms with Gasteiger partial charge in [-0.1, -0.05) is 15.9 Å². The summed E-state index contributed by atoms with van der Waals surface area (Å²) in [5, 5.41) is 3.21. The van der Waals surface area contributed by atoms with Crippen molar-refractivity contribution in [2.24, 2.45) is 0 Å². The number of nitrogens with zero attached hydrogens (tertiary/aromatic N) is 1. The van der Waals surface area contributed by atoms with Crippen molar-refractivity contribution < 1.29 is 9.18 Å². The average Bonchev–Trinajstić information content (AvgIpc) is 2.49. The second-order valence-electron chi connectivity index (χ2n) is 5.66. The zero-order valence-electron chi connectivity index (χ0n) is 12.5. The van der Waals surface area contributed by atoms with Gasteiger partial charge in [0.1, 0.15) is 5.82 Å². The van der Waals surface area contributed by atoms with E-state index in [2.05, 4.69) is 21.2 Å². The molecular formula is C16H22BrFN2O. The molecule has 2 unspecified atom stereocenters. The minimum atomic E-state index is -0.309. The van der Waals surface area contributed by atoms with Gasteiger partial charge in [-0.2, -0.15) is 0 Å². The molecule has 1 aliphatic rings. The van der Waals surface area contributed by atoms with Crippen molar-refractivity contribution in [1.29, 1.82) is 0 Å². The quantitative estimate of drug-likeness (QED) is 0.892. The molecule has 1 aliphatic heterocycles. The minimum Gasteiger partial charge on any atom is -0.341 e. The van der Waals surface area contributed by atoms with Gasteiger partial charge < -0.3 is 4.90 Å². The van der Waals surface area contributed by atoms with E-state index >= 15 is 0 Å². The third kappa shape index (κ3) is 4.27. The standard InChI is InChI=1S/C16H22BrFN2O/c1-11(14-10-13(17)6-7-15(14)18)19-12(2)16(21)20-8-4-3-5-9-20/h6-7,10-12,19H,3-5,8-9H2,1-2H3. The van der Waals surface area contributed by atoms with Crippen molar-refractivity contribution >= 4 is 21.8 Å². The molecule has 0 spiro atoms. The summed E-state index contributed by atoms with van der Waals surface area (Å²) in [6.45, 7) is 5.41. The van der Waals surface area contributed by atoms with Crippen LogP contribution in [0, 0.1) is 5.82 Å². The highest BCUT2D eigenvalue weighted by atomic mass is 79.9. The zero-order chi connectivity index (χ0) is 15.4. The number of halogens is 2. The minimum absolute atomic E-state index is 0.108. The Morgan fingerprint density at radius 1 is 1.29 bits per heavy atom. The Kier molecular flexibility index (Phi) is 5.76. The van der Waals surface area contributed by atoms with Gasteiger partial charge in [0.2, 0.25) is 5.91 Å². The number of piperidine rings is 1. The maximum atomic E-state index is 13.9. The van der Waals surface area contributed by atoms with E-state index in [0.717, 1.165) is 30.4 Å². The molecule has 0 aromatic heterocycles. The van der Waals surface area contributed by atoms with Crippen LogP contribution in [0.2, 0.25) is 0 Å². The highest BCUT2D eigenvalue weighted by molar-refractivity contribution is 9.10. The van der Waals surface area contributed by atoms with Crippen molar-refractivity contribution in [2.45, 2.75) is 45.2 Å². The number of carbonyl (C=O) groups is 1. The van der Waals surface area contributed by atoms with Gasteiger partial charge in [0.25, 0.3) is 0 Å². The van der Waals surface area contributed by atoms with E-state index < -0.39 is 0 Å². The molecule has 1 aromatic carbocycles. The average molecular weight is 357 g/mol. The van der Waals surface area contributed by atoms with Crippen LogP contribution >= 0.6 is 15.9 Å². The summed E-state index contributed by atoms with van der Waals surface area (Å²) in [6, 6.07) is 4.34. The summed E-state index contributed by atoms with van der Waals surface area (Å²) < 4.78 is 14.7. The van der Waals surface area contributed by atoms with Crippen LogP contribution in [0.25, 0.3) is 0 Å². The van der Waals surface area contributed by atoms with Gasteiger partial charge in [-0.05, 0) is 51.3 Å². The molecule has 0 aliphatic carbocycles. The smallest absolute Gasteiger partial charge is 0.239 e. The van der Waals surface area contributed by atoms with Crippen LogP contribution in [0.3, 0.4) is 0 Å². The second kappa shape index (κ2) is 7.36. The van der Waals surface area contributed by atoms with Crippen LogP contribution in [0.5, 0.6) is 0 Å². The molecule has 1 heterocycles. The number of amides is 1. The molecule has 1 amide bonds. The van der Waals surface area contributed by atoms with Crippen LogP contribution in [-0.4, -0.2) is 29.9 Å². The summed E-state index contributed by atoms with van der Waals surface area (Å²) in [6.07, 6.45) is 3.35. The molecule has 5 heteroatoms. The third-order valence-corrected chi connectivity index (χ3v) is 4.46. The predicted molar refractivity (Wildman–Crippen MR) is 85.5 cm³/mol. The summed E-state index contributed by atoms with van der Waals surface area (Å²) in [5.74, 6) is -0.146. The van der Waals surface area contributed by atoms with E-state index in [1.807, 2.05) is 18.7 Å². The van der Waals surface area contributed by atoms with Gasteiger partial charge >= 0.3 is 0 Å². The Labute approximate surface area is 134 Å². The summed E-state index contributed by atoms with van der Waals surface area (Å²) in [5.41, 5.74) is 0.572. The normalized spacial score (nSPS) is 18.4. The molecule has 116 valence electrons. The molecule has 1 aromatic rings. The Morgan fingerprint density at radius 2 is 1.95 bits per heavy atom. The molecule has 2 atom stereocenters. The van der Waals surface area contributed by atoms with Crippen molar-refractivity contribution in [3.8, 4) is 0 Å². The largest absolute Gasteiger partial charge is 0.341 e. The lowest BCUT2D eigenvalue weighted by Crippen LogP contribution is -2.47. The fraction of sp³-hybridized carbons (Fsp3) is 0.562. The van der Waals surface area contributed by atoms with Crippen LogP contribution in [-0.2, 0) is 4.79 Å². The fourth-order valence-electron chi connectivity index (χ4n) is 2.77. The van der Waals surface area contributed by atoms with Gasteiger partial charge in [0.05, 0.1) is 6.04 Å². The third-order valence-electron chi connectivity index (χ3n) is 3.96. The van der Waals surface area contributed by atoms with E-state index in [1.165, 1.54) is 12.5 Å². The highest BCUT2D eigenvalue weighted by Crippen LogP contribution is 2.22. The van der Waals surface area contributed by atoms with E-state index in [-0.39, 0.29) is 23.8 Å². The molecular weight excluding hydrogens is 335 g/mol. The molecule has 1 fully saturated rings. The number of nitrogens with one attached hydrogen (secondary N) is 1. The monoisotopic (exact) mass is 356 g/mol. The van der Waals surface area contributed by atoms with Gasteiger partial charge in [-0.15, -0.1) is 0 Å². The molecule has 0 radical (unpaired) electrons. The number of hydrogen-bond donors (Lipinski definition) is 1. The maximum absolute atomic E-state index is 13.9. The maximum Gasteiger partial charge on any atom is 0.239 e. The predicted octanol–water partition coefficient (Wildman–Crippen LogP) is 3.64. The van der Waals surface area contributed by atoms with Crippen LogP contribution in [0.4, 0.5) is 4.39 Å². The van der Waals surface area contributed by atoms with Crippen LogP contribution in [0.15, 0.2) is 22.7 Å². The first kappa shape index (κ1) is 16.4. The number of rotatable bonds is 4. The van der Waals surface area contributed by atoms with E-state index in [4.69, 9.17) is 0 Å². The van der Waals surface area contributed by atoms with E-state index in [0.29, 0.717) is 5.56 Å². The van der Waals surface area contributed by atoms with Gasteiger partial charge in [0, 0.05) is 29.2 Å². The lowest BCUT2D eigenvalue weighted by Gasteiger charge is -2.30. The van der Waals surface area contributed by atoms with Crippen molar-refractivity contribution in [1.82, 2.24) is 10.2 Å². The summed E-state index contributed by atoms with van der Waals surface area (Å²) in [4.78, 5) is 14.3. The molecule has 1 N–H and O–H groups in total. The fourth-order valence-corrected chi connectivity index (χ4v) is 3.15. The van der Waals surface area contributed by atoms with Crippen molar-refractivity contribution in [3.63, 3.8) is 0 Å². The SMILES string of the molecule is CC(NC(C)c1cc(Br)ccc1F)C(=O)N1CCCCC1. The molecule has 0 bridgehead atoms. The van der Waals surface area contributed by atoms with Crippen LogP contribution < -0.4 is 5.32 Å². The van der Waals surface area contributed by atoms with Gasteiger partial charge in [0.15, 0.2) is 0 Å². The first-order chi connectivity index (χ1) is 9.99. The first-order valence-electron chi connectivity index (χ1n) is 7.49. The molecule has 3 nitrogen and oxygen atoms in total. The van der Waals surface area contributed by atoms with Gasteiger partial charge in [-0.3, -0.25) is 10.1 Å². The number of likely N-dealkylation sites (tertiary alicyclic amines) is 1. The highest BCUT2D eigenvalue weighted by Gasteiger charge is 2.24. The second-order valence-corrected chi connectivity index (χ2v) is 6.58. The molecule has 21 heavy (non-hydrogen) atoms. The zero-order valence-corrected chi connectivity index (χ0v) is 14.1. The Morgan fingerprint density at radius 3 is 2.62 bits per heavy atom. The number of carbonyl (C=O) groups excluding carboxylic acids is 1. The Balaban J connectivity index is 1.99. The topological polar surface area (TPSA) is 32.3 Å². The molecule has 2 rings (SSSR count). The molecule has 0 saturated carbocycles. The van der Waals surface area contributed by atoms with Crippen molar-refractivity contribution in [2.75, 3.05) is 13.1 Å². The Hall–Kier alpha value is -0.940. The lowest BCUT2D eigenvalue weighted by molar-refractivity contribution is -0.134. The van der Waals surface area contributed by atoms with Crippen molar-refractivity contribution in [3.05, 3.63) is 34.1 Å². The van der Waals surface area contributed by atoms with Crippen LogP contribution in [0.1, 0.15) is 44.7 Å². The Bertz CT molecular complexity index is 503.